The average molecular weight is 505 g/mol. The number of amides is 1. The van der Waals surface area contributed by atoms with E-state index in [1.165, 1.54) is 11.6 Å². The summed E-state index contributed by atoms with van der Waals surface area (Å²) in [5, 5.41) is 12.4. The lowest BCUT2D eigenvalue weighted by atomic mass is 10.1. The van der Waals surface area contributed by atoms with E-state index in [2.05, 4.69) is 21.2 Å². The van der Waals surface area contributed by atoms with Crippen LogP contribution in [0.5, 0.6) is 11.5 Å². The molecule has 3 aromatic rings. The molecule has 33 heavy (non-hydrogen) atoms. The van der Waals surface area contributed by atoms with Gasteiger partial charge in [0.2, 0.25) is 0 Å². The fourth-order valence-corrected chi connectivity index (χ4v) is 3.60. The number of halogens is 1. The molecular weight excluding hydrogens is 480 g/mol. The van der Waals surface area contributed by atoms with E-state index >= 15 is 0 Å². The van der Waals surface area contributed by atoms with E-state index in [4.69, 9.17) is 9.47 Å². The van der Waals surface area contributed by atoms with Crippen LogP contribution in [-0.2, 0) is 11.4 Å². The second-order valence-electron chi connectivity index (χ2n) is 7.67. The Balaban J connectivity index is 1.83. The van der Waals surface area contributed by atoms with Crippen LogP contribution >= 0.6 is 15.9 Å². The zero-order chi connectivity index (χ0) is 24.0. The molecule has 0 fully saturated rings. The summed E-state index contributed by atoms with van der Waals surface area (Å²) >= 11 is 3.52. The summed E-state index contributed by atoms with van der Waals surface area (Å²) in [4.78, 5) is 12.8. The van der Waals surface area contributed by atoms with Gasteiger partial charge in [-0.15, -0.1) is 0 Å². The minimum atomic E-state index is -0.475. The molecule has 0 heterocycles. The van der Waals surface area contributed by atoms with Crippen molar-refractivity contribution >= 4 is 33.6 Å². The predicted molar refractivity (Wildman–Crippen MR) is 134 cm³/mol. The van der Waals surface area contributed by atoms with Crippen molar-refractivity contribution in [3.05, 3.63) is 92.5 Å². The van der Waals surface area contributed by atoms with Gasteiger partial charge in [0.05, 0.1) is 7.11 Å². The molecule has 0 spiro atoms. The summed E-state index contributed by atoms with van der Waals surface area (Å²) < 4.78 is 12.1. The Morgan fingerprint density at radius 1 is 1.09 bits per heavy atom. The molecule has 0 aliphatic heterocycles. The van der Waals surface area contributed by atoms with Gasteiger partial charge in [0.15, 0.2) is 11.5 Å². The lowest BCUT2D eigenvalue weighted by Crippen LogP contribution is -2.14. The monoisotopic (exact) mass is 504 g/mol. The van der Waals surface area contributed by atoms with Crippen molar-refractivity contribution in [1.29, 1.82) is 5.26 Å². The highest BCUT2D eigenvalue weighted by atomic mass is 79.9. The topological polar surface area (TPSA) is 71.3 Å². The highest BCUT2D eigenvalue weighted by Crippen LogP contribution is 2.35. The minimum absolute atomic E-state index is 0.0213. The van der Waals surface area contributed by atoms with Gasteiger partial charge in [-0.2, -0.15) is 5.26 Å². The number of nitriles is 1. The SMILES string of the molecule is COc1cc(/C=C(\C#N)C(=O)Nc2cccc(C)c2C)c(Br)cc1OCc1ccc(C)cc1. The van der Waals surface area contributed by atoms with Crippen LogP contribution in [0, 0.1) is 32.1 Å². The van der Waals surface area contributed by atoms with Crippen molar-refractivity contribution in [3.8, 4) is 17.6 Å². The number of nitrogens with zero attached hydrogens (tertiary/aromatic N) is 1. The summed E-state index contributed by atoms with van der Waals surface area (Å²) in [5.74, 6) is 0.584. The lowest BCUT2D eigenvalue weighted by molar-refractivity contribution is -0.112. The number of carbonyl (C=O) groups excluding carboxylic acids is 1. The molecule has 0 radical (unpaired) electrons. The zero-order valence-electron chi connectivity index (χ0n) is 19.0. The first-order valence-electron chi connectivity index (χ1n) is 10.4. The first-order chi connectivity index (χ1) is 15.8. The quantitative estimate of drug-likeness (QED) is 0.294. The Bertz CT molecular complexity index is 1240. The second kappa shape index (κ2) is 10.8. The summed E-state index contributed by atoms with van der Waals surface area (Å²) in [6, 6.07) is 19.2. The molecule has 6 heteroatoms. The van der Waals surface area contributed by atoms with Gasteiger partial charge in [0, 0.05) is 10.2 Å². The molecule has 3 rings (SSSR count). The molecule has 0 aliphatic rings. The number of aryl methyl sites for hydroxylation is 2. The largest absolute Gasteiger partial charge is 0.493 e. The van der Waals surface area contributed by atoms with Crippen molar-refractivity contribution in [2.24, 2.45) is 0 Å². The summed E-state index contributed by atoms with van der Waals surface area (Å²) in [7, 11) is 1.55. The maximum atomic E-state index is 12.8. The molecule has 0 aliphatic carbocycles. The van der Waals surface area contributed by atoms with Gasteiger partial charge in [-0.25, -0.2) is 0 Å². The fraction of sp³-hybridized carbons (Fsp3) is 0.185. The summed E-state index contributed by atoms with van der Waals surface area (Å²) in [6.07, 6.45) is 1.52. The molecule has 0 unspecified atom stereocenters. The van der Waals surface area contributed by atoms with Crippen LogP contribution in [0.2, 0.25) is 0 Å². The zero-order valence-corrected chi connectivity index (χ0v) is 20.6. The third-order valence-corrected chi connectivity index (χ3v) is 6.00. The average Bonchev–Trinajstić information content (AvgIpc) is 2.81. The second-order valence-corrected chi connectivity index (χ2v) is 8.52. The molecular formula is C27H25BrN2O3. The summed E-state index contributed by atoms with van der Waals surface area (Å²) in [6.45, 7) is 6.32. The normalized spacial score (nSPS) is 11.0. The molecule has 0 bridgehead atoms. The van der Waals surface area contributed by atoms with Gasteiger partial charge in [-0.3, -0.25) is 4.79 Å². The van der Waals surface area contributed by atoms with Crippen molar-refractivity contribution in [1.82, 2.24) is 0 Å². The Labute approximate surface area is 202 Å². The number of nitrogens with one attached hydrogen (secondary N) is 1. The van der Waals surface area contributed by atoms with Crippen molar-refractivity contribution in [3.63, 3.8) is 0 Å². The minimum Gasteiger partial charge on any atom is -0.493 e. The Kier molecular flexibility index (Phi) is 7.92. The predicted octanol–water partition coefficient (Wildman–Crippen LogP) is 6.51. The highest BCUT2D eigenvalue weighted by molar-refractivity contribution is 9.10. The van der Waals surface area contributed by atoms with E-state index in [1.807, 2.05) is 69.3 Å². The first-order valence-corrected chi connectivity index (χ1v) is 11.2. The number of hydrogen-bond donors (Lipinski definition) is 1. The van der Waals surface area contributed by atoms with E-state index in [-0.39, 0.29) is 5.57 Å². The van der Waals surface area contributed by atoms with E-state index in [1.54, 1.807) is 19.2 Å². The Morgan fingerprint density at radius 2 is 1.82 bits per heavy atom. The Morgan fingerprint density at radius 3 is 2.48 bits per heavy atom. The smallest absolute Gasteiger partial charge is 0.266 e. The number of anilines is 1. The van der Waals surface area contributed by atoms with Crippen LogP contribution < -0.4 is 14.8 Å². The lowest BCUT2D eigenvalue weighted by Gasteiger charge is -2.13. The fourth-order valence-electron chi connectivity index (χ4n) is 3.16. The standard InChI is InChI=1S/C27H25BrN2O3/c1-17-8-10-20(11-9-17)16-33-26-14-23(28)21(13-25(26)32-4)12-22(15-29)27(31)30-24-7-5-6-18(2)19(24)3/h5-14H,16H2,1-4H3,(H,30,31)/b22-12+. The molecule has 5 nitrogen and oxygen atoms in total. The number of methoxy groups -OCH3 is 1. The molecule has 3 aromatic carbocycles. The maximum absolute atomic E-state index is 12.8. The Hall–Kier alpha value is -3.56. The van der Waals surface area contributed by atoms with Gasteiger partial charge in [-0.05, 0) is 67.3 Å². The van der Waals surface area contributed by atoms with Crippen LogP contribution in [-0.4, -0.2) is 13.0 Å². The molecule has 1 N–H and O–H groups in total. The van der Waals surface area contributed by atoms with E-state index in [0.717, 1.165) is 16.7 Å². The molecule has 0 aromatic heterocycles. The van der Waals surface area contributed by atoms with Gasteiger partial charge in [0.25, 0.3) is 5.91 Å². The number of hydrogen-bond acceptors (Lipinski definition) is 4. The van der Waals surface area contributed by atoms with E-state index in [0.29, 0.717) is 33.8 Å². The van der Waals surface area contributed by atoms with Crippen LogP contribution in [0.4, 0.5) is 5.69 Å². The van der Waals surface area contributed by atoms with Gasteiger partial charge >= 0.3 is 0 Å². The third kappa shape index (κ3) is 6.03. The van der Waals surface area contributed by atoms with Crippen LogP contribution in [0.15, 0.2) is 64.6 Å². The summed E-state index contributed by atoms with van der Waals surface area (Å²) in [5.41, 5.74) is 5.53. The number of carbonyl (C=O) groups is 1. The van der Waals surface area contributed by atoms with Gasteiger partial charge in [0.1, 0.15) is 18.2 Å². The van der Waals surface area contributed by atoms with Crippen molar-refractivity contribution < 1.29 is 14.3 Å². The molecule has 1 amide bonds. The number of benzene rings is 3. The number of ether oxygens (including phenoxy) is 2. The molecule has 0 atom stereocenters. The molecule has 168 valence electrons. The third-order valence-electron chi connectivity index (χ3n) is 5.32. The van der Waals surface area contributed by atoms with Crippen molar-refractivity contribution in [2.45, 2.75) is 27.4 Å². The van der Waals surface area contributed by atoms with E-state index in [9.17, 15) is 10.1 Å². The van der Waals surface area contributed by atoms with Crippen LogP contribution in [0.1, 0.15) is 27.8 Å². The van der Waals surface area contributed by atoms with Crippen molar-refractivity contribution in [2.75, 3.05) is 12.4 Å². The molecule has 0 saturated heterocycles. The number of rotatable bonds is 7. The molecule has 0 saturated carbocycles. The maximum Gasteiger partial charge on any atom is 0.266 e. The van der Waals surface area contributed by atoms with Gasteiger partial charge < -0.3 is 14.8 Å². The van der Waals surface area contributed by atoms with E-state index < -0.39 is 5.91 Å². The van der Waals surface area contributed by atoms with Crippen LogP contribution in [0.25, 0.3) is 6.08 Å². The van der Waals surface area contributed by atoms with Gasteiger partial charge in [-0.1, -0.05) is 57.9 Å². The van der Waals surface area contributed by atoms with Crippen LogP contribution in [0.3, 0.4) is 0 Å². The highest BCUT2D eigenvalue weighted by Gasteiger charge is 2.15. The first kappa shape index (κ1) is 24.1.